The van der Waals surface area contributed by atoms with E-state index in [1.165, 1.54) is 0 Å². The molecule has 2 aromatic rings. The Morgan fingerprint density at radius 3 is 2.67 bits per heavy atom. The van der Waals surface area contributed by atoms with Gasteiger partial charge in [0.15, 0.2) is 11.6 Å². The van der Waals surface area contributed by atoms with E-state index in [-0.39, 0.29) is 24.1 Å². The number of unbranched alkanes of at least 4 members (excludes halogenated alkanes) is 1. The molecular formula is C14H18F2N4O. The number of rotatable bonds is 6. The Morgan fingerprint density at radius 1 is 1.29 bits per heavy atom. The van der Waals surface area contributed by atoms with Crippen LogP contribution in [0.1, 0.15) is 26.2 Å². The Bertz CT molecular complexity index is 636. The minimum absolute atomic E-state index is 0.0387. The smallest absolute Gasteiger partial charge is 0.222 e. The third kappa shape index (κ3) is 3.55. The lowest BCUT2D eigenvalue weighted by Crippen LogP contribution is -2.24. The van der Waals surface area contributed by atoms with Crippen molar-refractivity contribution >= 4 is 22.7 Å². The summed E-state index contributed by atoms with van der Waals surface area (Å²) < 4.78 is 26.7. The summed E-state index contributed by atoms with van der Waals surface area (Å²) in [5.41, 5.74) is 5.81. The van der Waals surface area contributed by atoms with Gasteiger partial charge in [-0.15, -0.1) is 0 Å². The molecule has 21 heavy (non-hydrogen) atoms. The monoisotopic (exact) mass is 296 g/mol. The number of aliphatic hydroxyl groups excluding tert-OH is 1. The molecular weight excluding hydrogens is 278 g/mol. The Morgan fingerprint density at radius 2 is 2.00 bits per heavy atom. The molecule has 1 atom stereocenters. The minimum atomic E-state index is -0.990. The Labute approximate surface area is 121 Å². The van der Waals surface area contributed by atoms with Gasteiger partial charge in [-0.2, -0.15) is 4.98 Å². The van der Waals surface area contributed by atoms with Crippen LogP contribution < -0.4 is 11.1 Å². The van der Waals surface area contributed by atoms with E-state index in [1.807, 2.05) is 6.92 Å². The zero-order chi connectivity index (χ0) is 15.4. The Hall–Kier alpha value is -2.02. The van der Waals surface area contributed by atoms with Gasteiger partial charge in [0.1, 0.15) is 5.82 Å². The van der Waals surface area contributed by atoms with Crippen LogP contribution in [0.4, 0.5) is 20.5 Å². The van der Waals surface area contributed by atoms with E-state index in [0.717, 1.165) is 31.4 Å². The van der Waals surface area contributed by atoms with Gasteiger partial charge in [-0.25, -0.2) is 13.8 Å². The van der Waals surface area contributed by atoms with Gasteiger partial charge >= 0.3 is 0 Å². The number of hydrogen-bond donors (Lipinski definition) is 3. The van der Waals surface area contributed by atoms with Crippen molar-refractivity contribution in [2.45, 2.75) is 32.2 Å². The number of nitrogens with one attached hydrogen (secondary N) is 1. The molecule has 114 valence electrons. The van der Waals surface area contributed by atoms with Crippen molar-refractivity contribution in [3.05, 3.63) is 23.8 Å². The van der Waals surface area contributed by atoms with Crippen LogP contribution in [0.3, 0.4) is 0 Å². The number of hydrogen-bond acceptors (Lipinski definition) is 5. The van der Waals surface area contributed by atoms with E-state index >= 15 is 0 Å². The predicted molar refractivity (Wildman–Crippen MR) is 77.9 cm³/mol. The maximum atomic E-state index is 13.4. The van der Waals surface area contributed by atoms with Crippen molar-refractivity contribution in [3.63, 3.8) is 0 Å². The zero-order valence-corrected chi connectivity index (χ0v) is 11.7. The van der Waals surface area contributed by atoms with Gasteiger partial charge in [0.05, 0.1) is 18.2 Å². The third-order valence-electron chi connectivity index (χ3n) is 3.22. The van der Waals surface area contributed by atoms with E-state index in [1.54, 1.807) is 0 Å². The molecule has 0 saturated heterocycles. The molecule has 0 spiro atoms. The fraction of sp³-hybridized carbons (Fsp3) is 0.429. The highest BCUT2D eigenvalue weighted by Gasteiger charge is 2.14. The molecule has 0 saturated carbocycles. The van der Waals surface area contributed by atoms with Gasteiger partial charge in [0, 0.05) is 11.5 Å². The molecule has 0 aliphatic heterocycles. The number of aromatic nitrogens is 2. The SMILES string of the molecule is CCCC[C@H](CO)Nc1nc(N)nc2cc(F)c(F)cc12. The average molecular weight is 296 g/mol. The van der Waals surface area contributed by atoms with Crippen molar-refractivity contribution in [2.24, 2.45) is 0 Å². The molecule has 7 heteroatoms. The molecule has 0 aliphatic rings. The van der Waals surface area contributed by atoms with Crippen molar-refractivity contribution in [1.82, 2.24) is 9.97 Å². The first-order chi connectivity index (χ1) is 10.0. The van der Waals surface area contributed by atoms with Crippen LogP contribution >= 0.6 is 0 Å². The maximum Gasteiger partial charge on any atom is 0.222 e. The molecule has 1 aromatic heterocycles. The second-order valence-electron chi connectivity index (χ2n) is 4.88. The Balaban J connectivity index is 2.40. The molecule has 0 bridgehead atoms. The lowest BCUT2D eigenvalue weighted by atomic mass is 10.1. The topological polar surface area (TPSA) is 84.1 Å². The summed E-state index contributed by atoms with van der Waals surface area (Å²) in [5, 5.41) is 12.7. The molecule has 2 rings (SSSR count). The van der Waals surface area contributed by atoms with Gasteiger partial charge < -0.3 is 16.2 Å². The van der Waals surface area contributed by atoms with Crippen LogP contribution in [0.25, 0.3) is 10.9 Å². The standard InChI is InChI=1S/C14H18F2N4O/c1-2-3-4-8(7-21)18-13-9-5-10(15)11(16)6-12(9)19-14(17)20-13/h5-6,8,21H,2-4,7H2,1H3,(H3,17,18,19,20)/t8-/m1/s1. The normalized spacial score (nSPS) is 12.6. The molecule has 0 radical (unpaired) electrons. The second kappa shape index (κ2) is 6.62. The molecule has 5 nitrogen and oxygen atoms in total. The van der Waals surface area contributed by atoms with E-state index < -0.39 is 11.6 Å². The number of nitrogens with two attached hydrogens (primary N) is 1. The Kier molecular flexibility index (Phi) is 4.85. The molecule has 1 aromatic carbocycles. The van der Waals surface area contributed by atoms with Gasteiger partial charge in [0.2, 0.25) is 5.95 Å². The number of halogens is 2. The van der Waals surface area contributed by atoms with Crippen LogP contribution in [-0.2, 0) is 0 Å². The highest BCUT2D eigenvalue weighted by molar-refractivity contribution is 5.90. The largest absolute Gasteiger partial charge is 0.394 e. The number of nitrogen functional groups attached to an aromatic ring is 1. The van der Waals surface area contributed by atoms with Crippen LogP contribution in [0.5, 0.6) is 0 Å². The van der Waals surface area contributed by atoms with Gasteiger partial charge in [-0.3, -0.25) is 0 Å². The van der Waals surface area contributed by atoms with Gasteiger partial charge in [-0.1, -0.05) is 19.8 Å². The van der Waals surface area contributed by atoms with Crippen molar-refractivity contribution in [1.29, 1.82) is 0 Å². The first-order valence-electron chi connectivity index (χ1n) is 6.84. The van der Waals surface area contributed by atoms with E-state index in [2.05, 4.69) is 15.3 Å². The number of anilines is 2. The molecule has 1 heterocycles. The molecule has 4 N–H and O–H groups in total. The summed E-state index contributed by atoms with van der Waals surface area (Å²) in [6.07, 6.45) is 2.66. The van der Waals surface area contributed by atoms with Crippen LogP contribution in [0, 0.1) is 11.6 Å². The second-order valence-corrected chi connectivity index (χ2v) is 4.88. The first-order valence-corrected chi connectivity index (χ1v) is 6.84. The summed E-state index contributed by atoms with van der Waals surface area (Å²) in [5.74, 6) is -1.71. The minimum Gasteiger partial charge on any atom is -0.394 e. The number of fused-ring (bicyclic) bond motifs is 1. The summed E-state index contributed by atoms with van der Waals surface area (Å²) in [4.78, 5) is 7.91. The fourth-order valence-electron chi connectivity index (χ4n) is 2.10. The average Bonchev–Trinajstić information content (AvgIpc) is 2.45. The van der Waals surface area contributed by atoms with Crippen LogP contribution in [0.15, 0.2) is 12.1 Å². The number of aliphatic hydroxyl groups is 1. The quantitative estimate of drug-likeness (QED) is 0.762. The highest BCUT2D eigenvalue weighted by atomic mass is 19.2. The summed E-state index contributed by atoms with van der Waals surface area (Å²) in [6.45, 7) is 1.96. The van der Waals surface area contributed by atoms with E-state index in [9.17, 15) is 13.9 Å². The van der Waals surface area contributed by atoms with Gasteiger partial charge in [-0.05, 0) is 12.5 Å². The zero-order valence-electron chi connectivity index (χ0n) is 11.7. The van der Waals surface area contributed by atoms with Crippen molar-refractivity contribution < 1.29 is 13.9 Å². The van der Waals surface area contributed by atoms with Crippen LogP contribution in [-0.4, -0.2) is 27.7 Å². The van der Waals surface area contributed by atoms with Crippen LogP contribution in [0.2, 0.25) is 0 Å². The maximum absolute atomic E-state index is 13.4. The fourth-order valence-corrected chi connectivity index (χ4v) is 2.10. The van der Waals surface area contributed by atoms with Gasteiger partial charge in [0.25, 0.3) is 0 Å². The number of nitrogens with zero attached hydrogens (tertiary/aromatic N) is 2. The van der Waals surface area contributed by atoms with E-state index in [4.69, 9.17) is 5.73 Å². The summed E-state index contributed by atoms with van der Waals surface area (Å²) in [6, 6.07) is 1.78. The van der Waals surface area contributed by atoms with E-state index in [0.29, 0.717) is 11.2 Å². The predicted octanol–water partition coefficient (Wildman–Crippen LogP) is 2.45. The van der Waals surface area contributed by atoms with Crippen molar-refractivity contribution in [3.8, 4) is 0 Å². The summed E-state index contributed by atoms with van der Waals surface area (Å²) in [7, 11) is 0. The molecule has 0 aliphatic carbocycles. The molecule has 0 fully saturated rings. The highest BCUT2D eigenvalue weighted by Crippen LogP contribution is 2.25. The first kappa shape index (κ1) is 15.4. The molecule has 0 amide bonds. The van der Waals surface area contributed by atoms with Crippen molar-refractivity contribution in [2.75, 3.05) is 17.7 Å². The lowest BCUT2D eigenvalue weighted by Gasteiger charge is -2.18. The third-order valence-corrected chi connectivity index (χ3v) is 3.22. The number of benzene rings is 1. The molecule has 0 unspecified atom stereocenters. The summed E-state index contributed by atoms with van der Waals surface area (Å²) >= 11 is 0. The lowest BCUT2D eigenvalue weighted by molar-refractivity contribution is 0.267.